The molecule has 0 bridgehead atoms. The van der Waals surface area contributed by atoms with Gasteiger partial charge in [-0.15, -0.1) is 0 Å². The average molecular weight is 335 g/mol. The van der Waals surface area contributed by atoms with E-state index in [9.17, 15) is 0 Å². The first kappa shape index (κ1) is 19.5. The second-order valence-electron chi connectivity index (χ2n) is 8.81. The summed E-state index contributed by atoms with van der Waals surface area (Å²) in [5.41, 5.74) is 8.54. The molecule has 0 saturated carbocycles. The Labute approximate surface area is 155 Å². The number of fused-ring (bicyclic) bond motifs is 1. The number of hydrogen-bond donors (Lipinski definition) is 0. The Morgan fingerprint density at radius 3 is 2.28 bits per heavy atom. The molecule has 1 aromatic carbocycles. The molecule has 0 aliphatic heterocycles. The van der Waals surface area contributed by atoms with Gasteiger partial charge in [-0.05, 0) is 63.5 Å². The van der Waals surface area contributed by atoms with Crippen LogP contribution in [0.15, 0.2) is 60.7 Å². The van der Waals surface area contributed by atoms with E-state index in [-0.39, 0.29) is 10.8 Å². The molecule has 0 spiro atoms. The fourth-order valence-electron chi connectivity index (χ4n) is 3.43. The molecule has 0 saturated heterocycles. The minimum Gasteiger partial charge on any atom is -0.0988 e. The lowest BCUT2D eigenvalue weighted by Gasteiger charge is -2.28. The van der Waals surface area contributed by atoms with Crippen LogP contribution in [0.2, 0.25) is 0 Å². The van der Waals surface area contributed by atoms with Crippen molar-refractivity contribution in [3.63, 3.8) is 0 Å². The molecule has 0 fully saturated rings. The molecule has 0 heterocycles. The summed E-state index contributed by atoms with van der Waals surface area (Å²) in [5, 5.41) is 0. The van der Waals surface area contributed by atoms with E-state index in [0.717, 1.165) is 19.3 Å². The second kappa shape index (κ2) is 7.20. The van der Waals surface area contributed by atoms with Gasteiger partial charge in [0.15, 0.2) is 0 Å². The summed E-state index contributed by atoms with van der Waals surface area (Å²) in [4.78, 5) is 0. The van der Waals surface area contributed by atoms with Crippen molar-refractivity contribution in [2.75, 3.05) is 0 Å². The average Bonchev–Trinajstić information content (AvgIpc) is 2.57. The van der Waals surface area contributed by atoms with Crippen molar-refractivity contribution in [2.24, 2.45) is 5.41 Å². The Morgan fingerprint density at radius 2 is 1.76 bits per heavy atom. The van der Waals surface area contributed by atoms with Gasteiger partial charge in [0.1, 0.15) is 0 Å². The Balaban J connectivity index is 2.55. The van der Waals surface area contributed by atoms with Crippen LogP contribution >= 0.6 is 0 Å². The van der Waals surface area contributed by atoms with Gasteiger partial charge in [0.25, 0.3) is 0 Å². The van der Waals surface area contributed by atoms with Gasteiger partial charge in [-0.2, -0.15) is 0 Å². The fraction of sp³-hybridized carbons (Fsp3) is 0.440. The maximum Gasteiger partial charge on any atom is -0.0106 e. The Kier molecular flexibility index (Phi) is 5.62. The fourth-order valence-corrected chi connectivity index (χ4v) is 3.43. The lowest BCUT2D eigenvalue weighted by atomic mass is 9.77. The summed E-state index contributed by atoms with van der Waals surface area (Å²) in [7, 11) is 0. The van der Waals surface area contributed by atoms with Crippen molar-refractivity contribution >= 4 is 5.57 Å². The monoisotopic (exact) mass is 334 g/mol. The zero-order valence-electron chi connectivity index (χ0n) is 17.0. The Bertz CT molecular complexity index is 730. The van der Waals surface area contributed by atoms with Crippen LogP contribution in [-0.2, 0) is 11.8 Å². The van der Waals surface area contributed by atoms with E-state index < -0.39 is 0 Å². The normalized spacial score (nSPS) is 15.8. The summed E-state index contributed by atoms with van der Waals surface area (Å²) >= 11 is 0. The van der Waals surface area contributed by atoms with Crippen molar-refractivity contribution in [1.29, 1.82) is 0 Å². The van der Waals surface area contributed by atoms with Gasteiger partial charge in [0.05, 0.1) is 0 Å². The third kappa shape index (κ3) is 4.06. The van der Waals surface area contributed by atoms with Crippen molar-refractivity contribution in [3.8, 4) is 0 Å². The summed E-state index contributed by atoms with van der Waals surface area (Å²) in [6.07, 6.45) is 9.67. The first-order chi connectivity index (χ1) is 11.6. The van der Waals surface area contributed by atoms with Crippen LogP contribution in [-0.4, -0.2) is 0 Å². The summed E-state index contributed by atoms with van der Waals surface area (Å²) < 4.78 is 0. The van der Waals surface area contributed by atoms with E-state index >= 15 is 0 Å². The van der Waals surface area contributed by atoms with Crippen LogP contribution in [0, 0.1) is 5.41 Å². The van der Waals surface area contributed by atoms with Gasteiger partial charge in [0.2, 0.25) is 0 Å². The van der Waals surface area contributed by atoms with Gasteiger partial charge in [-0.1, -0.05) is 91.1 Å². The van der Waals surface area contributed by atoms with Crippen LogP contribution < -0.4 is 0 Å². The van der Waals surface area contributed by atoms with E-state index in [1.807, 2.05) is 12.2 Å². The number of benzene rings is 1. The van der Waals surface area contributed by atoms with E-state index in [1.165, 1.54) is 33.4 Å². The molecule has 1 aliphatic carbocycles. The maximum atomic E-state index is 4.10. The first-order valence-electron chi connectivity index (χ1n) is 9.48. The van der Waals surface area contributed by atoms with Crippen LogP contribution in [0.5, 0.6) is 0 Å². The molecule has 0 atom stereocenters. The highest BCUT2D eigenvalue weighted by molar-refractivity contribution is 5.82. The third-order valence-corrected chi connectivity index (χ3v) is 5.69. The molecule has 0 aromatic heterocycles. The SMILES string of the molecule is C=CC1=C(/C=C(\C=C)C(C)(C)C)CCc2cc(C(C)(C)CC)ccc21. The number of hydrogen-bond acceptors (Lipinski definition) is 0. The van der Waals surface area contributed by atoms with E-state index in [4.69, 9.17) is 0 Å². The molecule has 0 nitrogen and oxygen atoms in total. The predicted octanol–water partition coefficient (Wildman–Crippen LogP) is 7.42. The Morgan fingerprint density at radius 1 is 1.08 bits per heavy atom. The third-order valence-electron chi connectivity index (χ3n) is 5.69. The molecule has 0 amide bonds. The maximum absolute atomic E-state index is 4.10. The molecule has 0 unspecified atom stereocenters. The van der Waals surface area contributed by atoms with Gasteiger partial charge in [0, 0.05) is 0 Å². The van der Waals surface area contributed by atoms with Crippen LogP contribution in [0.4, 0.5) is 0 Å². The second-order valence-corrected chi connectivity index (χ2v) is 8.81. The molecule has 0 heteroatoms. The standard InChI is InChI=1S/C25H34/c1-9-20(24(4,5)6)16-18-12-13-19-17-21(25(7,8)11-3)14-15-23(19)22(18)10-2/h9-10,14-17H,1-2,11-13H2,3-8H3/b20-16+. The first-order valence-corrected chi connectivity index (χ1v) is 9.48. The highest BCUT2D eigenvalue weighted by Gasteiger charge is 2.23. The molecule has 1 aromatic rings. The van der Waals surface area contributed by atoms with Crippen LogP contribution in [0.1, 0.15) is 71.1 Å². The molecular formula is C25H34. The van der Waals surface area contributed by atoms with Crippen molar-refractivity contribution in [3.05, 3.63) is 77.4 Å². The molecule has 0 radical (unpaired) electrons. The minimum absolute atomic E-state index is 0.107. The van der Waals surface area contributed by atoms with Gasteiger partial charge in [-0.3, -0.25) is 0 Å². The number of aryl methyl sites for hydroxylation is 1. The van der Waals surface area contributed by atoms with Crippen molar-refractivity contribution < 1.29 is 0 Å². The quantitative estimate of drug-likeness (QED) is 0.491. The molecule has 134 valence electrons. The van der Waals surface area contributed by atoms with Crippen molar-refractivity contribution in [2.45, 2.75) is 66.2 Å². The highest BCUT2D eigenvalue weighted by Crippen LogP contribution is 2.38. The van der Waals surface area contributed by atoms with Gasteiger partial charge < -0.3 is 0 Å². The predicted molar refractivity (Wildman–Crippen MR) is 113 cm³/mol. The lowest BCUT2D eigenvalue weighted by Crippen LogP contribution is -2.17. The number of rotatable bonds is 5. The minimum atomic E-state index is 0.107. The zero-order chi connectivity index (χ0) is 18.8. The Hall–Kier alpha value is -1.82. The highest BCUT2D eigenvalue weighted by atomic mass is 14.3. The van der Waals surface area contributed by atoms with Crippen molar-refractivity contribution in [1.82, 2.24) is 0 Å². The van der Waals surface area contributed by atoms with Gasteiger partial charge in [-0.25, -0.2) is 0 Å². The smallest absolute Gasteiger partial charge is 0.0106 e. The molecule has 1 aliphatic rings. The van der Waals surface area contributed by atoms with E-state index in [1.54, 1.807) is 0 Å². The molecule has 25 heavy (non-hydrogen) atoms. The summed E-state index contributed by atoms with van der Waals surface area (Å²) in [6, 6.07) is 7.02. The topological polar surface area (TPSA) is 0 Å². The molecular weight excluding hydrogens is 300 g/mol. The summed E-state index contributed by atoms with van der Waals surface area (Å²) in [6.45, 7) is 21.8. The van der Waals surface area contributed by atoms with Crippen LogP contribution in [0.25, 0.3) is 5.57 Å². The van der Waals surface area contributed by atoms with Crippen LogP contribution in [0.3, 0.4) is 0 Å². The lowest BCUT2D eigenvalue weighted by molar-refractivity contribution is 0.505. The number of allylic oxidation sites excluding steroid dienone is 6. The van der Waals surface area contributed by atoms with Gasteiger partial charge >= 0.3 is 0 Å². The zero-order valence-corrected chi connectivity index (χ0v) is 17.0. The largest absolute Gasteiger partial charge is 0.0988 e. The van der Waals surface area contributed by atoms with E-state index in [0.29, 0.717) is 0 Å². The van der Waals surface area contributed by atoms with E-state index in [2.05, 4.69) is 79.0 Å². The molecule has 2 rings (SSSR count). The summed E-state index contributed by atoms with van der Waals surface area (Å²) in [5.74, 6) is 0. The molecule has 0 N–H and O–H groups in total.